The van der Waals surface area contributed by atoms with Gasteiger partial charge in [0.1, 0.15) is 11.5 Å². The van der Waals surface area contributed by atoms with Gasteiger partial charge < -0.3 is 14.8 Å². The second-order valence-electron chi connectivity index (χ2n) is 4.66. The van der Waals surface area contributed by atoms with Crippen molar-refractivity contribution in [2.24, 2.45) is 0 Å². The molecule has 0 aliphatic heterocycles. The first-order chi connectivity index (χ1) is 10.2. The minimum absolute atomic E-state index is 0.118. The number of hydrogen-bond donors (Lipinski definition) is 1. The third kappa shape index (κ3) is 3.77. The Balaban J connectivity index is 2.40. The van der Waals surface area contributed by atoms with E-state index in [1.807, 2.05) is 18.2 Å². The van der Waals surface area contributed by atoms with E-state index in [9.17, 15) is 0 Å². The Hall–Kier alpha value is -1.52. The molecule has 4 heteroatoms. The predicted octanol–water partition coefficient (Wildman–Crippen LogP) is 4.17. The monoisotopic (exact) mass is 349 g/mol. The number of methoxy groups -OCH3 is 2. The van der Waals surface area contributed by atoms with Gasteiger partial charge in [0.05, 0.1) is 24.7 Å². The van der Waals surface area contributed by atoms with Gasteiger partial charge >= 0.3 is 0 Å². The highest BCUT2D eigenvalue weighted by Crippen LogP contribution is 2.31. The number of ether oxygens (including phenoxy) is 2. The van der Waals surface area contributed by atoms with E-state index in [4.69, 9.17) is 9.47 Å². The van der Waals surface area contributed by atoms with Gasteiger partial charge in [-0.15, -0.1) is 0 Å². The summed E-state index contributed by atoms with van der Waals surface area (Å²) in [4.78, 5) is 0. The van der Waals surface area contributed by atoms with Crippen LogP contribution in [0.4, 0.5) is 0 Å². The molecule has 2 aromatic carbocycles. The molecule has 0 bridgehead atoms. The van der Waals surface area contributed by atoms with Gasteiger partial charge in [0, 0.05) is 0 Å². The highest BCUT2D eigenvalue weighted by Gasteiger charge is 2.15. The summed E-state index contributed by atoms with van der Waals surface area (Å²) in [5, 5.41) is 3.51. The number of nitrogens with one attached hydrogen (secondary N) is 1. The normalized spacial score (nSPS) is 12.0. The fourth-order valence-corrected chi connectivity index (χ4v) is 2.87. The van der Waals surface area contributed by atoms with Crippen molar-refractivity contribution < 1.29 is 9.47 Å². The highest BCUT2D eigenvalue weighted by atomic mass is 79.9. The average Bonchev–Trinajstić information content (AvgIpc) is 2.52. The largest absolute Gasteiger partial charge is 0.497 e. The van der Waals surface area contributed by atoms with Gasteiger partial charge in [-0.2, -0.15) is 0 Å². The third-order valence-corrected chi connectivity index (χ3v) is 3.96. The minimum Gasteiger partial charge on any atom is -0.497 e. The van der Waals surface area contributed by atoms with Crippen LogP contribution in [0.15, 0.2) is 46.9 Å². The Labute approximate surface area is 134 Å². The molecule has 3 nitrogen and oxygen atoms in total. The zero-order chi connectivity index (χ0) is 15.2. The number of hydrogen-bond acceptors (Lipinski definition) is 3. The lowest BCUT2D eigenvalue weighted by molar-refractivity contribution is 0.411. The van der Waals surface area contributed by atoms with E-state index in [-0.39, 0.29) is 6.04 Å². The second-order valence-corrected chi connectivity index (χ2v) is 5.52. The molecule has 2 aromatic rings. The topological polar surface area (TPSA) is 30.5 Å². The molecular formula is C17H20BrNO2. The third-order valence-electron chi connectivity index (χ3n) is 3.34. The first-order valence-electron chi connectivity index (χ1n) is 6.90. The van der Waals surface area contributed by atoms with Crippen LogP contribution in [0.25, 0.3) is 0 Å². The summed E-state index contributed by atoms with van der Waals surface area (Å²) in [6.45, 7) is 2.98. The van der Waals surface area contributed by atoms with Gasteiger partial charge in [-0.3, -0.25) is 0 Å². The molecule has 0 aromatic heterocycles. The summed E-state index contributed by atoms with van der Waals surface area (Å²) in [6, 6.07) is 14.4. The summed E-state index contributed by atoms with van der Waals surface area (Å²) in [5.74, 6) is 1.70. The Morgan fingerprint density at radius 3 is 2.43 bits per heavy atom. The average molecular weight is 350 g/mol. The van der Waals surface area contributed by atoms with Crippen molar-refractivity contribution >= 4 is 15.9 Å². The fourth-order valence-electron chi connectivity index (χ4n) is 2.32. The molecule has 1 N–H and O–H groups in total. The molecule has 0 spiro atoms. The van der Waals surface area contributed by atoms with Crippen LogP contribution in [0.5, 0.6) is 11.5 Å². The van der Waals surface area contributed by atoms with E-state index in [1.165, 1.54) is 11.1 Å². The molecule has 1 unspecified atom stereocenters. The standard InChI is InChI=1S/C17H20BrNO2/c1-4-19-17(12-6-5-7-14(10-12)20-2)13-8-9-16(21-3)15(18)11-13/h5-11,17,19H,4H2,1-3H3. The molecule has 0 aliphatic carbocycles. The van der Waals surface area contributed by atoms with E-state index in [1.54, 1.807) is 14.2 Å². The second kappa shape index (κ2) is 7.48. The van der Waals surface area contributed by atoms with Crippen LogP contribution in [-0.2, 0) is 0 Å². The zero-order valence-electron chi connectivity index (χ0n) is 12.5. The summed E-state index contributed by atoms with van der Waals surface area (Å²) in [7, 11) is 3.36. The fraction of sp³-hybridized carbons (Fsp3) is 0.294. The van der Waals surface area contributed by atoms with Crippen LogP contribution in [0.2, 0.25) is 0 Å². The van der Waals surface area contributed by atoms with Gasteiger partial charge in [-0.25, -0.2) is 0 Å². The van der Waals surface area contributed by atoms with Crippen molar-refractivity contribution in [2.45, 2.75) is 13.0 Å². The molecule has 0 fully saturated rings. The number of rotatable bonds is 6. The quantitative estimate of drug-likeness (QED) is 0.848. The van der Waals surface area contributed by atoms with Gasteiger partial charge in [0.25, 0.3) is 0 Å². The van der Waals surface area contributed by atoms with Gasteiger partial charge in [0.15, 0.2) is 0 Å². The first-order valence-corrected chi connectivity index (χ1v) is 7.69. The van der Waals surface area contributed by atoms with E-state index < -0.39 is 0 Å². The maximum absolute atomic E-state index is 5.32. The highest BCUT2D eigenvalue weighted by molar-refractivity contribution is 9.10. The summed E-state index contributed by atoms with van der Waals surface area (Å²) >= 11 is 3.55. The van der Waals surface area contributed by atoms with Crippen molar-refractivity contribution in [3.8, 4) is 11.5 Å². The van der Waals surface area contributed by atoms with Crippen molar-refractivity contribution in [3.05, 3.63) is 58.1 Å². The summed E-state index contributed by atoms with van der Waals surface area (Å²) in [5.41, 5.74) is 2.35. The lowest BCUT2D eigenvalue weighted by atomic mass is 9.98. The molecule has 0 amide bonds. The summed E-state index contributed by atoms with van der Waals surface area (Å²) < 4.78 is 11.6. The number of benzene rings is 2. The van der Waals surface area contributed by atoms with Crippen LogP contribution in [-0.4, -0.2) is 20.8 Å². The van der Waals surface area contributed by atoms with Crippen molar-refractivity contribution in [3.63, 3.8) is 0 Å². The molecule has 0 radical (unpaired) electrons. The first kappa shape index (κ1) is 15.9. The van der Waals surface area contributed by atoms with E-state index >= 15 is 0 Å². The van der Waals surface area contributed by atoms with Crippen molar-refractivity contribution in [2.75, 3.05) is 20.8 Å². The maximum atomic E-state index is 5.32. The Kier molecular flexibility index (Phi) is 5.65. The number of halogens is 1. The van der Waals surface area contributed by atoms with Crippen LogP contribution >= 0.6 is 15.9 Å². The molecule has 21 heavy (non-hydrogen) atoms. The lowest BCUT2D eigenvalue weighted by Crippen LogP contribution is -2.22. The Morgan fingerprint density at radius 2 is 1.81 bits per heavy atom. The molecule has 112 valence electrons. The Bertz CT molecular complexity index is 601. The van der Waals surface area contributed by atoms with E-state index in [0.717, 1.165) is 22.5 Å². The van der Waals surface area contributed by atoms with Crippen LogP contribution in [0.1, 0.15) is 24.1 Å². The SMILES string of the molecule is CCNC(c1cccc(OC)c1)c1ccc(OC)c(Br)c1. The van der Waals surface area contributed by atoms with Crippen LogP contribution in [0, 0.1) is 0 Å². The van der Waals surface area contributed by atoms with E-state index in [2.05, 4.69) is 52.4 Å². The molecule has 2 rings (SSSR count). The molecule has 0 aliphatic rings. The summed E-state index contributed by atoms with van der Waals surface area (Å²) in [6.07, 6.45) is 0. The van der Waals surface area contributed by atoms with Crippen LogP contribution in [0.3, 0.4) is 0 Å². The van der Waals surface area contributed by atoms with Crippen LogP contribution < -0.4 is 14.8 Å². The van der Waals surface area contributed by atoms with E-state index in [0.29, 0.717) is 0 Å². The van der Waals surface area contributed by atoms with Gasteiger partial charge in [-0.05, 0) is 57.9 Å². The smallest absolute Gasteiger partial charge is 0.133 e. The van der Waals surface area contributed by atoms with Gasteiger partial charge in [0.2, 0.25) is 0 Å². The predicted molar refractivity (Wildman–Crippen MR) is 89.2 cm³/mol. The molecule has 1 atom stereocenters. The lowest BCUT2D eigenvalue weighted by Gasteiger charge is -2.20. The van der Waals surface area contributed by atoms with Crippen molar-refractivity contribution in [1.29, 1.82) is 0 Å². The maximum Gasteiger partial charge on any atom is 0.133 e. The minimum atomic E-state index is 0.118. The zero-order valence-corrected chi connectivity index (χ0v) is 14.1. The Morgan fingerprint density at radius 1 is 1.05 bits per heavy atom. The molecular weight excluding hydrogens is 330 g/mol. The molecule has 0 saturated carbocycles. The molecule has 0 saturated heterocycles. The van der Waals surface area contributed by atoms with Gasteiger partial charge in [-0.1, -0.05) is 25.1 Å². The molecule has 0 heterocycles. The van der Waals surface area contributed by atoms with Crippen molar-refractivity contribution in [1.82, 2.24) is 5.32 Å².